The topological polar surface area (TPSA) is 71.1 Å². The second kappa shape index (κ2) is 6.17. The van der Waals surface area contributed by atoms with E-state index in [4.69, 9.17) is 15.1 Å². The molecule has 1 aromatic heterocycles. The van der Waals surface area contributed by atoms with E-state index in [0.717, 1.165) is 18.7 Å². The third kappa shape index (κ3) is 3.05. The van der Waals surface area contributed by atoms with Crippen LogP contribution in [-0.4, -0.2) is 27.9 Å². The maximum absolute atomic E-state index is 8.92. The van der Waals surface area contributed by atoms with Crippen molar-refractivity contribution in [3.05, 3.63) is 18.2 Å². The first-order chi connectivity index (χ1) is 7.33. The van der Waals surface area contributed by atoms with Gasteiger partial charge in [0, 0.05) is 6.54 Å². The van der Waals surface area contributed by atoms with E-state index in [9.17, 15) is 0 Å². The lowest BCUT2D eigenvalue weighted by Crippen LogP contribution is -2.11. The Morgan fingerprint density at radius 1 is 1.73 bits per heavy atom. The van der Waals surface area contributed by atoms with Crippen LogP contribution in [0.5, 0.6) is 0 Å². The van der Waals surface area contributed by atoms with E-state index in [1.165, 1.54) is 0 Å². The largest absolute Gasteiger partial charge is 0.394 e. The number of nitrogens with zero attached hydrogens (tertiary/aromatic N) is 3. The summed E-state index contributed by atoms with van der Waals surface area (Å²) < 4.78 is 7.09. The summed E-state index contributed by atoms with van der Waals surface area (Å²) >= 11 is 0. The Bertz CT molecular complexity index is 330. The highest BCUT2D eigenvalue weighted by molar-refractivity contribution is 5.11. The summed E-state index contributed by atoms with van der Waals surface area (Å²) in [5, 5.41) is 17.5. The molecule has 5 heteroatoms. The molecule has 0 amide bonds. The number of ether oxygens (including phenoxy) is 1. The Balaban J connectivity index is 2.73. The molecule has 1 N–H and O–H groups in total. The van der Waals surface area contributed by atoms with Gasteiger partial charge in [-0.2, -0.15) is 5.26 Å². The smallest absolute Gasteiger partial charge is 0.185 e. The van der Waals surface area contributed by atoms with Gasteiger partial charge in [-0.25, -0.2) is 4.98 Å². The summed E-state index contributed by atoms with van der Waals surface area (Å²) in [6.45, 7) is 2.95. The summed E-state index contributed by atoms with van der Waals surface area (Å²) in [6.07, 6.45) is 3.64. The van der Waals surface area contributed by atoms with Crippen molar-refractivity contribution in [2.24, 2.45) is 0 Å². The summed E-state index contributed by atoms with van der Waals surface area (Å²) in [5.74, 6) is 0. The molecule has 1 atom stereocenters. The monoisotopic (exact) mass is 209 g/mol. The minimum Gasteiger partial charge on any atom is -0.394 e. The highest BCUT2D eigenvalue weighted by atomic mass is 16.5. The van der Waals surface area contributed by atoms with E-state index in [1.54, 1.807) is 12.5 Å². The van der Waals surface area contributed by atoms with Gasteiger partial charge in [0.15, 0.2) is 6.10 Å². The zero-order chi connectivity index (χ0) is 11.1. The summed E-state index contributed by atoms with van der Waals surface area (Å²) in [5.41, 5.74) is 0.743. The fourth-order valence-electron chi connectivity index (χ4n) is 1.34. The van der Waals surface area contributed by atoms with Crippen LogP contribution in [-0.2, 0) is 11.3 Å². The lowest BCUT2D eigenvalue weighted by Gasteiger charge is -2.12. The molecule has 0 fully saturated rings. The van der Waals surface area contributed by atoms with Crippen molar-refractivity contribution < 1.29 is 9.84 Å². The summed E-state index contributed by atoms with van der Waals surface area (Å²) in [7, 11) is 0. The Labute approximate surface area is 88.9 Å². The molecule has 0 aliphatic carbocycles. The zero-order valence-electron chi connectivity index (χ0n) is 8.76. The van der Waals surface area contributed by atoms with Crippen LogP contribution in [0.25, 0.3) is 0 Å². The van der Waals surface area contributed by atoms with Gasteiger partial charge in [0.25, 0.3) is 0 Å². The first kappa shape index (κ1) is 11.7. The van der Waals surface area contributed by atoms with Gasteiger partial charge in [-0.1, -0.05) is 6.92 Å². The number of aryl methyl sites for hydroxylation is 1. The molecule has 0 aliphatic rings. The van der Waals surface area contributed by atoms with E-state index in [-0.39, 0.29) is 13.2 Å². The van der Waals surface area contributed by atoms with Gasteiger partial charge in [0.2, 0.25) is 0 Å². The zero-order valence-corrected chi connectivity index (χ0v) is 8.76. The number of aliphatic hydroxyl groups excluding tert-OH is 1. The van der Waals surface area contributed by atoms with Crippen LogP contribution in [0.1, 0.15) is 25.1 Å². The van der Waals surface area contributed by atoms with Crippen molar-refractivity contribution in [2.75, 3.05) is 13.2 Å². The molecule has 0 radical (unpaired) electrons. The molecule has 0 aromatic carbocycles. The van der Waals surface area contributed by atoms with Crippen LogP contribution < -0.4 is 0 Å². The second-order valence-corrected chi connectivity index (χ2v) is 3.12. The average molecular weight is 209 g/mol. The molecule has 82 valence electrons. The lowest BCUT2D eigenvalue weighted by atomic mass is 10.3. The molecule has 1 heterocycles. The van der Waals surface area contributed by atoms with Gasteiger partial charge in [-0.05, 0) is 6.42 Å². The van der Waals surface area contributed by atoms with Crippen LogP contribution >= 0.6 is 0 Å². The maximum atomic E-state index is 8.92. The fraction of sp³-hybridized carbons (Fsp3) is 0.600. The van der Waals surface area contributed by atoms with Gasteiger partial charge >= 0.3 is 0 Å². The highest BCUT2D eigenvalue weighted by Gasteiger charge is 2.15. The first-order valence-corrected chi connectivity index (χ1v) is 4.95. The first-order valence-electron chi connectivity index (χ1n) is 4.95. The quantitative estimate of drug-likeness (QED) is 0.754. The third-order valence-corrected chi connectivity index (χ3v) is 1.97. The molecule has 1 aromatic rings. The van der Waals surface area contributed by atoms with Crippen molar-refractivity contribution in [3.8, 4) is 6.07 Å². The number of nitriles is 1. The van der Waals surface area contributed by atoms with Crippen LogP contribution in [0.4, 0.5) is 0 Å². The van der Waals surface area contributed by atoms with Gasteiger partial charge < -0.3 is 14.4 Å². The van der Waals surface area contributed by atoms with E-state index in [1.807, 2.05) is 10.6 Å². The second-order valence-electron chi connectivity index (χ2n) is 3.12. The highest BCUT2D eigenvalue weighted by Crippen LogP contribution is 2.16. The van der Waals surface area contributed by atoms with Crippen LogP contribution in [0.15, 0.2) is 12.5 Å². The number of rotatable bonds is 6. The van der Waals surface area contributed by atoms with Crippen LogP contribution in [0.3, 0.4) is 0 Å². The van der Waals surface area contributed by atoms with Gasteiger partial charge in [0.05, 0.1) is 31.4 Å². The number of aromatic nitrogens is 2. The SMILES string of the molecule is CCCn1cncc1C(C#N)OCCO. The minimum atomic E-state index is -0.647. The number of hydrogen-bond acceptors (Lipinski definition) is 4. The standard InChI is InChI=1S/C10H15N3O2/c1-2-3-13-8-12-7-9(13)10(6-11)15-5-4-14/h7-8,10,14H,2-5H2,1H3. The average Bonchev–Trinajstić information content (AvgIpc) is 2.68. The fourth-order valence-corrected chi connectivity index (χ4v) is 1.34. The van der Waals surface area contributed by atoms with Crippen molar-refractivity contribution in [1.29, 1.82) is 5.26 Å². The minimum absolute atomic E-state index is 0.0832. The molecular formula is C10H15N3O2. The predicted octanol–water partition coefficient (Wildman–Crippen LogP) is 0.867. The Kier molecular flexibility index (Phi) is 4.81. The molecule has 0 spiro atoms. The van der Waals surface area contributed by atoms with E-state index >= 15 is 0 Å². The van der Waals surface area contributed by atoms with Crippen molar-refractivity contribution in [2.45, 2.75) is 26.0 Å². The molecule has 0 aliphatic heterocycles. The molecule has 0 bridgehead atoms. The van der Waals surface area contributed by atoms with Crippen molar-refractivity contribution >= 4 is 0 Å². The van der Waals surface area contributed by atoms with Crippen LogP contribution in [0.2, 0.25) is 0 Å². The third-order valence-electron chi connectivity index (χ3n) is 1.97. The molecule has 15 heavy (non-hydrogen) atoms. The Hall–Kier alpha value is -1.38. The maximum Gasteiger partial charge on any atom is 0.185 e. The summed E-state index contributed by atoms with van der Waals surface area (Å²) in [4.78, 5) is 3.99. The molecule has 5 nitrogen and oxygen atoms in total. The predicted molar refractivity (Wildman–Crippen MR) is 53.9 cm³/mol. The van der Waals surface area contributed by atoms with E-state index < -0.39 is 6.10 Å². The Morgan fingerprint density at radius 3 is 3.13 bits per heavy atom. The van der Waals surface area contributed by atoms with Crippen molar-refractivity contribution in [1.82, 2.24) is 9.55 Å². The number of imidazole rings is 1. The van der Waals surface area contributed by atoms with Crippen LogP contribution in [0, 0.1) is 11.3 Å². The van der Waals surface area contributed by atoms with E-state index in [0.29, 0.717) is 0 Å². The van der Waals surface area contributed by atoms with Gasteiger partial charge in [-0.15, -0.1) is 0 Å². The Morgan fingerprint density at radius 2 is 2.53 bits per heavy atom. The van der Waals surface area contributed by atoms with E-state index in [2.05, 4.69) is 11.9 Å². The number of hydrogen-bond donors (Lipinski definition) is 1. The lowest BCUT2D eigenvalue weighted by molar-refractivity contribution is 0.0541. The normalized spacial score (nSPS) is 12.3. The molecule has 1 unspecified atom stereocenters. The molecule has 1 rings (SSSR count). The van der Waals surface area contributed by atoms with Crippen molar-refractivity contribution in [3.63, 3.8) is 0 Å². The molecule has 0 saturated heterocycles. The molecule has 0 saturated carbocycles. The number of aliphatic hydroxyl groups is 1. The van der Waals surface area contributed by atoms with Gasteiger partial charge in [-0.3, -0.25) is 0 Å². The van der Waals surface area contributed by atoms with Gasteiger partial charge in [0.1, 0.15) is 6.07 Å². The molecular weight excluding hydrogens is 194 g/mol. The summed E-state index contributed by atoms with van der Waals surface area (Å²) in [6, 6.07) is 2.04.